The highest BCUT2D eigenvalue weighted by Gasteiger charge is 2.32. The molecule has 4 nitrogen and oxygen atoms in total. The summed E-state index contributed by atoms with van der Waals surface area (Å²) < 4.78 is 67.4. The molecule has 2 heterocycles. The second-order valence-electron chi connectivity index (χ2n) is 7.13. The smallest absolute Gasteiger partial charge is 0.302 e. The van der Waals surface area contributed by atoms with Crippen molar-refractivity contribution in [1.29, 1.82) is 0 Å². The summed E-state index contributed by atoms with van der Waals surface area (Å²) in [6.45, 7) is 1.41. The normalized spacial score (nSPS) is 16.2. The Morgan fingerprint density at radius 3 is 2.38 bits per heavy atom. The number of nitrogens with zero attached hydrogens (tertiary/aromatic N) is 2. The zero-order valence-corrected chi connectivity index (χ0v) is 16.5. The third-order valence-corrected chi connectivity index (χ3v) is 6.84. The quantitative estimate of drug-likeness (QED) is 0.621. The van der Waals surface area contributed by atoms with Crippen molar-refractivity contribution in [2.75, 3.05) is 20.1 Å². The summed E-state index contributed by atoms with van der Waals surface area (Å²) in [7, 11) is -1.99. The lowest BCUT2D eigenvalue weighted by Gasteiger charge is -2.21. The molecule has 0 amide bonds. The van der Waals surface area contributed by atoms with Crippen LogP contribution in [0.15, 0.2) is 65.7 Å². The maximum absolute atomic E-state index is 13.3. The number of aromatic nitrogens is 1. The number of benzene rings is 2. The summed E-state index contributed by atoms with van der Waals surface area (Å²) in [5.74, 6) is 0. The van der Waals surface area contributed by atoms with Gasteiger partial charge in [0.05, 0.1) is 16.0 Å². The summed E-state index contributed by atoms with van der Waals surface area (Å²) in [6, 6.07) is 11.1. The fraction of sp³-hybridized carbons (Fsp3) is 0.238. The minimum absolute atomic E-state index is 0.0840. The van der Waals surface area contributed by atoms with E-state index in [1.807, 2.05) is 13.1 Å². The van der Waals surface area contributed by atoms with Gasteiger partial charge in [0.15, 0.2) is 0 Å². The first kappa shape index (κ1) is 19.7. The fourth-order valence-electron chi connectivity index (χ4n) is 3.55. The molecule has 0 atom stereocenters. The van der Waals surface area contributed by atoms with E-state index in [9.17, 15) is 21.6 Å². The SMILES string of the molecule is CN1CC=C(c2cn(S(=O)(=O)c3ccccc3)c3ccc(C(F)(F)F)cc23)CC1. The van der Waals surface area contributed by atoms with Crippen LogP contribution in [0, 0.1) is 0 Å². The number of likely N-dealkylation sites (N-methyl/N-ethyl adjacent to an activating group) is 1. The Balaban J connectivity index is 1.97. The lowest BCUT2D eigenvalue weighted by atomic mass is 9.98. The Morgan fingerprint density at radius 2 is 1.76 bits per heavy atom. The van der Waals surface area contributed by atoms with Gasteiger partial charge in [-0.1, -0.05) is 24.3 Å². The molecule has 1 aliphatic heterocycles. The zero-order valence-electron chi connectivity index (χ0n) is 15.6. The van der Waals surface area contributed by atoms with E-state index in [1.54, 1.807) is 18.2 Å². The predicted octanol–water partition coefficient (Wildman–Crippen LogP) is 4.62. The molecule has 0 saturated heterocycles. The molecule has 2 aromatic carbocycles. The van der Waals surface area contributed by atoms with Crippen molar-refractivity contribution in [3.05, 3.63) is 71.9 Å². The van der Waals surface area contributed by atoms with Crippen LogP contribution in [0.1, 0.15) is 17.5 Å². The molecule has 0 radical (unpaired) electrons. The number of hydrogen-bond acceptors (Lipinski definition) is 3. The molecule has 0 unspecified atom stereocenters. The molecular formula is C21H19F3N2O2S. The first-order chi connectivity index (χ1) is 13.7. The first-order valence-corrected chi connectivity index (χ1v) is 10.5. The van der Waals surface area contributed by atoms with Crippen molar-refractivity contribution in [3.8, 4) is 0 Å². The van der Waals surface area contributed by atoms with Gasteiger partial charge in [-0.25, -0.2) is 12.4 Å². The Hall–Kier alpha value is -2.58. The summed E-state index contributed by atoms with van der Waals surface area (Å²) in [5, 5.41) is 0.287. The van der Waals surface area contributed by atoms with Gasteiger partial charge in [0.2, 0.25) is 0 Å². The van der Waals surface area contributed by atoms with Crippen LogP contribution < -0.4 is 0 Å². The fourth-order valence-corrected chi connectivity index (χ4v) is 4.94. The number of halogens is 3. The van der Waals surface area contributed by atoms with Gasteiger partial charge in [-0.05, 0) is 49.4 Å². The summed E-state index contributed by atoms with van der Waals surface area (Å²) in [6.07, 6.45) is -0.480. The molecule has 0 spiro atoms. The van der Waals surface area contributed by atoms with E-state index in [4.69, 9.17) is 0 Å². The maximum atomic E-state index is 13.3. The van der Waals surface area contributed by atoms with E-state index < -0.39 is 21.8 Å². The molecule has 0 aliphatic carbocycles. The zero-order chi connectivity index (χ0) is 20.8. The average Bonchev–Trinajstić information content (AvgIpc) is 3.08. The standard InChI is InChI=1S/C21H19F3N2O2S/c1-25-11-9-15(10-12-25)19-14-26(29(27,28)17-5-3-2-4-6-17)20-8-7-16(13-18(19)20)21(22,23)24/h2-9,13-14H,10-12H2,1H3. The van der Waals surface area contributed by atoms with Crippen LogP contribution >= 0.6 is 0 Å². The molecule has 1 aromatic heterocycles. The van der Waals surface area contributed by atoms with Crippen molar-refractivity contribution in [2.45, 2.75) is 17.5 Å². The molecule has 0 N–H and O–H groups in total. The molecule has 0 bridgehead atoms. The number of alkyl halides is 3. The minimum atomic E-state index is -4.51. The van der Waals surface area contributed by atoms with Gasteiger partial charge in [-0.3, -0.25) is 0 Å². The first-order valence-electron chi connectivity index (χ1n) is 9.09. The monoisotopic (exact) mass is 420 g/mol. The lowest BCUT2D eigenvalue weighted by molar-refractivity contribution is -0.137. The Kier molecular flexibility index (Phi) is 4.78. The Morgan fingerprint density at radius 1 is 1.03 bits per heavy atom. The predicted molar refractivity (Wildman–Crippen MR) is 106 cm³/mol. The van der Waals surface area contributed by atoms with E-state index in [0.29, 0.717) is 18.5 Å². The third-order valence-electron chi connectivity index (χ3n) is 5.16. The van der Waals surface area contributed by atoms with Crippen LogP contribution in [-0.2, 0) is 16.2 Å². The molecule has 1 aliphatic rings. The lowest BCUT2D eigenvalue weighted by Crippen LogP contribution is -2.23. The summed E-state index contributed by atoms with van der Waals surface area (Å²) in [5.41, 5.74) is 0.819. The molecular weight excluding hydrogens is 401 g/mol. The van der Waals surface area contributed by atoms with Crippen LogP contribution in [0.2, 0.25) is 0 Å². The van der Waals surface area contributed by atoms with Crippen LogP contribution in [-0.4, -0.2) is 37.4 Å². The van der Waals surface area contributed by atoms with Crippen molar-refractivity contribution in [1.82, 2.24) is 8.87 Å². The number of fused-ring (bicyclic) bond motifs is 1. The molecule has 0 fully saturated rings. The van der Waals surface area contributed by atoms with Crippen LogP contribution in [0.3, 0.4) is 0 Å². The Labute approximate surface area is 166 Å². The molecule has 4 rings (SSSR count). The van der Waals surface area contributed by atoms with E-state index in [1.165, 1.54) is 24.4 Å². The second kappa shape index (κ2) is 7.03. The topological polar surface area (TPSA) is 42.3 Å². The molecule has 29 heavy (non-hydrogen) atoms. The van der Waals surface area contributed by atoms with Crippen molar-refractivity contribution < 1.29 is 21.6 Å². The van der Waals surface area contributed by atoms with Gasteiger partial charge < -0.3 is 4.90 Å². The molecule has 8 heteroatoms. The average molecular weight is 420 g/mol. The van der Waals surface area contributed by atoms with E-state index in [2.05, 4.69) is 4.90 Å². The van der Waals surface area contributed by atoms with Crippen molar-refractivity contribution in [3.63, 3.8) is 0 Å². The number of hydrogen-bond donors (Lipinski definition) is 0. The van der Waals surface area contributed by atoms with Gasteiger partial charge in [-0.15, -0.1) is 0 Å². The van der Waals surface area contributed by atoms with E-state index >= 15 is 0 Å². The van der Waals surface area contributed by atoms with Crippen LogP contribution in [0.4, 0.5) is 13.2 Å². The maximum Gasteiger partial charge on any atom is 0.416 e. The minimum Gasteiger partial charge on any atom is -0.302 e. The molecule has 3 aromatic rings. The van der Waals surface area contributed by atoms with Crippen LogP contribution in [0.25, 0.3) is 16.5 Å². The van der Waals surface area contributed by atoms with Crippen molar-refractivity contribution >= 4 is 26.5 Å². The summed E-state index contributed by atoms with van der Waals surface area (Å²) >= 11 is 0. The van der Waals surface area contributed by atoms with Gasteiger partial charge in [0, 0.05) is 30.2 Å². The van der Waals surface area contributed by atoms with E-state index in [-0.39, 0.29) is 15.8 Å². The third kappa shape index (κ3) is 3.58. The van der Waals surface area contributed by atoms with Crippen molar-refractivity contribution in [2.24, 2.45) is 0 Å². The highest BCUT2D eigenvalue weighted by Crippen LogP contribution is 2.37. The van der Waals surface area contributed by atoms with Gasteiger partial charge in [0.1, 0.15) is 0 Å². The molecule has 0 saturated carbocycles. The largest absolute Gasteiger partial charge is 0.416 e. The van der Waals surface area contributed by atoms with Gasteiger partial charge in [-0.2, -0.15) is 13.2 Å². The molecule has 152 valence electrons. The van der Waals surface area contributed by atoms with Crippen LogP contribution in [0.5, 0.6) is 0 Å². The Bertz CT molecular complexity index is 1200. The van der Waals surface area contributed by atoms with Gasteiger partial charge in [0.25, 0.3) is 10.0 Å². The van der Waals surface area contributed by atoms with E-state index in [0.717, 1.165) is 28.2 Å². The second-order valence-corrected chi connectivity index (χ2v) is 8.94. The summed E-state index contributed by atoms with van der Waals surface area (Å²) in [4.78, 5) is 2.17. The van der Waals surface area contributed by atoms with Gasteiger partial charge >= 0.3 is 6.18 Å². The number of rotatable bonds is 3. The highest BCUT2D eigenvalue weighted by molar-refractivity contribution is 7.90. The highest BCUT2D eigenvalue weighted by atomic mass is 32.2.